The van der Waals surface area contributed by atoms with Gasteiger partial charge in [-0.2, -0.15) is 0 Å². The first-order chi connectivity index (χ1) is 8.99. The van der Waals surface area contributed by atoms with Crippen molar-refractivity contribution in [3.05, 3.63) is 29.3 Å². The summed E-state index contributed by atoms with van der Waals surface area (Å²) >= 11 is 0. The van der Waals surface area contributed by atoms with Crippen molar-refractivity contribution < 1.29 is 14.6 Å². The van der Waals surface area contributed by atoms with E-state index in [1.807, 2.05) is 12.1 Å². The molecule has 1 amide bonds. The molecule has 4 heteroatoms. The number of amides is 1. The molecular weight excluding hydrogens is 242 g/mol. The van der Waals surface area contributed by atoms with Crippen LogP contribution in [0.3, 0.4) is 0 Å². The minimum atomic E-state index is -0.434. The van der Waals surface area contributed by atoms with E-state index in [-0.39, 0.29) is 5.91 Å². The lowest BCUT2D eigenvalue weighted by Crippen LogP contribution is -2.31. The van der Waals surface area contributed by atoms with Crippen molar-refractivity contribution in [2.75, 3.05) is 27.3 Å². The number of methoxy groups -OCH3 is 1. The summed E-state index contributed by atoms with van der Waals surface area (Å²) in [4.78, 5) is 12.8. The van der Waals surface area contributed by atoms with E-state index in [0.29, 0.717) is 12.5 Å². The summed E-state index contributed by atoms with van der Waals surface area (Å²) < 4.78 is 5.35. The average molecular weight is 265 g/mol. The van der Waals surface area contributed by atoms with Crippen molar-refractivity contribution in [1.29, 1.82) is 0 Å². The first-order valence-electron chi connectivity index (χ1n) is 6.51. The van der Waals surface area contributed by atoms with E-state index < -0.39 is 6.61 Å². The zero-order valence-corrected chi connectivity index (χ0v) is 12.1. The lowest BCUT2D eigenvalue weighted by molar-refractivity contribution is -0.132. The third-order valence-corrected chi connectivity index (χ3v) is 3.21. The van der Waals surface area contributed by atoms with E-state index in [1.165, 1.54) is 11.1 Å². The van der Waals surface area contributed by atoms with Gasteiger partial charge in [-0.15, -0.1) is 0 Å². The minimum absolute atomic E-state index is 0.252. The monoisotopic (exact) mass is 265 g/mol. The number of aliphatic hydroxyl groups excluding tert-OH is 1. The van der Waals surface area contributed by atoms with Gasteiger partial charge in [0.2, 0.25) is 5.91 Å². The second kappa shape index (κ2) is 7.14. The Morgan fingerprint density at radius 3 is 2.63 bits per heavy atom. The highest BCUT2D eigenvalue weighted by molar-refractivity contribution is 5.76. The molecule has 1 aromatic rings. The Balaban J connectivity index is 2.75. The highest BCUT2D eigenvalue weighted by Gasteiger charge is 2.10. The average Bonchev–Trinajstić information content (AvgIpc) is 2.43. The molecule has 0 atom stereocenters. The van der Waals surface area contributed by atoms with Crippen LogP contribution in [0.4, 0.5) is 0 Å². The fourth-order valence-corrected chi connectivity index (χ4v) is 1.93. The topological polar surface area (TPSA) is 49.8 Å². The molecule has 0 unspecified atom stereocenters. The van der Waals surface area contributed by atoms with Gasteiger partial charge in [0.15, 0.2) is 0 Å². The lowest BCUT2D eigenvalue weighted by atomic mass is 9.98. The lowest BCUT2D eigenvalue weighted by Gasteiger charge is -2.17. The van der Waals surface area contributed by atoms with Crippen LogP contribution >= 0.6 is 0 Å². The van der Waals surface area contributed by atoms with E-state index in [4.69, 9.17) is 9.84 Å². The third-order valence-electron chi connectivity index (χ3n) is 3.21. The van der Waals surface area contributed by atoms with Gasteiger partial charge in [0.05, 0.1) is 7.11 Å². The fraction of sp³-hybridized carbons (Fsp3) is 0.533. The maximum absolute atomic E-state index is 11.3. The standard InChI is InChI=1S/C15H23NO3/c1-11(2)13-9-12(5-6-14(13)19-4)7-8-16(3)15(18)10-17/h5-6,9,11,17H,7-8,10H2,1-4H3. The van der Waals surface area contributed by atoms with Crippen molar-refractivity contribution in [2.24, 2.45) is 0 Å². The summed E-state index contributed by atoms with van der Waals surface area (Å²) in [6, 6.07) is 6.11. The number of likely N-dealkylation sites (N-methyl/N-ethyl adjacent to an activating group) is 1. The molecular formula is C15H23NO3. The number of nitrogens with zero attached hydrogens (tertiary/aromatic N) is 1. The van der Waals surface area contributed by atoms with Crippen molar-refractivity contribution in [3.63, 3.8) is 0 Å². The maximum Gasteiger partial charge on any atom is 0.248 e. The van der Waals surface area contributed by atoms with Crippen LogP contribution in [0.5, 0.6) is 5.75 Å². The Kier molecular flexibility index (Phi) is 5.83. The second-order valence-electron chi connectivity index (χ2n) is 4.95. The summed E-state index contributed by atoms with van der Waals surface area (Å²) in [5.41, 5.74) is 2.35. The van der Waals surface area contributed by atoms with Crippen molar-refractivity contribution in [3.8, 4) is 5.75 Å². The Morgan fingerprint density at radius 2 is 2.11 bits per heavy atom. The summed E-state index contributed by atoms with van der Waals surface area (Å²) in [5.74, 6) is 1.04. The molecule has 0 fully saturated rings. The normalized spacial score (nSPS) is 10.6. The zero-order valence-electron chi connectivity index (χ0n) is 12.1. The molecule has 0 aromatic heterocycles. The third kappa shape index (κ3) is 4.24. The molecule has 1 aromatic carbocycles. The van der Waals surface area contributed by atoms with Crippen molar-refractivity contribution in [1.82, 2.24) is 4.90 Å². The molecule has 19 heavy (non-hydrogen) atoms. The highest BCUT2D eigenvalue weighted by atomic mass is 16.5. The first kappa shape index (κ1) is 15.5. The molecule has 1 rings (SSSR count). The van der Waals surface area contributed by atoms with Gasteiger partial charge in [-0.05, 0) is 29.5 Å². The number of carbonyl (C=O) groups excluding carboxylic acids is 1. The predicted octanol–water partition coefficient (Wildman–Crippen LogP) is 1.81. The number of aliphatic hydroxyl groups is 1. The Labute approximate surface area is 115 Å². The number of carbonyl (C=O) groups is 1. The second-order valence-corrected chi connectivity index (χ2v) is 4.95. The first-order valence-corrected chi connectivity index (χ1v) is 6.51. The van der Waals surface area contributed by atoms with Gasteiger partial charge in [0.1, 0.15) is 12.4 Å². The van der Waals surface area contributed by atoms with Crippen LogP contribution in [-0.4, -0.2) is 43.2 Å². The molecule has 0 aliphatic heterocycles. The van der Waals surface area contributed by atoms with Crippen LogP contribution in [0, 0.1) is 0 Å². The molecule has 0 saturated heterocycles. The summed E-state index contributed by atoms with van der Waals surface area (Å²) in [6.45, 7) is 4.42. The van der Waals surface area contributed by atoms with E-state index in [9.17, 15) is 4.79 Å². The van der Waals surface area contributed by atoms with Crippen LogP contribution < -0.4 is 4.74 Å². The Bertz CT molecular complexity index is 429. The van der Waals surface area contributed by atoms with E-state index in [0.717, 1.165) is 12.2 Å². The quantitative estimate of drug-likeness (QED) is 0.853. The van der Waals surface area contributed by atoms with E-state index in [1.54, 1.807) is 19.1 Å². The Hall–Kier alpha value is -1.55. The number of rotatable bonds is 6. The number of ether oxygens (including phenoxy) is 1. The molecule has 0 bridgehead atoms. The molecule has 1 N–H and O–H groups in total. The smallest absolute Gasteiger partial charge is 0.248 e. The SMILES string of the molecule is COc1ccc(CCN(C)C(=O)CO)cc1C(C)C. The summed E-state index contributed by atoms with van der Waals surface area (Å²) in [7, 11) is 3.38. The van der Waals surface area contributed by atoms with E-state index >= 15 is 0 Å². The molecule has 106 valence electrons. The molecule has 0 saturated carbocycles. The Morgan fingerprint density at radius 1 is 1.42 bits per heavy atom. The van der Waals surface area contributed by atoms with Crippen LogP contribution in [-0.2, 0) is 11.2 Å². The summed E-state index contributed by atoms with van der Waals surface area (Å²) in [5, 5.41) is 8.78. The molecule has 4 nitrogen and oxygen atoms in total. The molecule has 0 heterocycles. The molecule has 0 aliphatic rings. The minimum Gasteiger partial charge on any atom is -0.496 e. The maximum atomic E-state index is 11.3. The van der Waals surface area contributed by atoms with Gasteiger partial charge in [0, 0.05) is 13.6 Å². The van der Waals surface area contributed by atoms with Crippen LogP contribution in [0.1, 0.15) is 30.9 Å². The van der Waals surface area contributed by atoms with Crippen LogP contribution in [0.15, 0.2) is 18.2 Å². The predicted molar refractivity (Wildman–Crippen MR) is 75.5 cm³/mol. The van der Waals surface area contributed by atoms with Crippen LogP contribution in [0.25, 0.3) is 0 Å². The van der Waals surface area contributed by atoms with Crippen molar-refractivity contribution in [2.45, 2.75) is 26.2 Å². The largest absolute Gasteiger partial charge is 0.496 e. The van der Waals surface area contributed by atoms with Crippen molar-refractivity contribution >= 4 is 5.91 Å². The number of hydrogen-bond donors (Lipinski definition) is 1. The molecule has 0 spiro atoms. The summed E-state index contributed by atoms with van der Waals surface area (Å²) in [6.07, 6.45) is 0.770. The van der Waals surface area contributed by atoms with E-state index in [2.05, 4.69) is 19.9 Å². The molecule has 0 radical (unpaired) electrons. The van der Waals surface area contributed by atoms with Gasteiger partial charge < -0.3 is 14.7 Å². The fourth-order valence-electron chi connectivity index (χ4n) is 1.93. The highest BCUT2D eigenvalue weighted by Crippen LogP contribution is 2.27. The number of hydrogen-bond acceptors (Lipinski definition) is 3. The van der Waals surface area contributed by atoms with Gasteiger partial charge in [-0.3, -0.25) is 4.79 Å². The molecule has 0 aliphatic carbocycles. The van der Waals surface area contributed by atoms with Gasteiger partial charge in [-0.1, -0.05) is 26.0 Å². The van der Waals surface area contributed by atoms with Gasteiger partial charge in [-0.25, -0.2) is 0 Å². The zero-order chi connectivity index (χ0) is 14.4. The van der Waals surface area contributed by atoms with Crippen LogP contribution in [0.2, 0.25) is 0 Å². The van der Waals surface area contributed by atoms with Gasteiger partial charge in [0.25, 0.3) is 0 Å². The number of benzene rings is 1. The van der Waals surface area contributed by atoms with Gasteiger partial charge >= 0.3 is 0 Å².